The van der Waals surface area contributed by atoms with Gasteiger partial charge in [-0.1, -0.05) is 64.1 Å². The highest BCUT2D eigenvalue weighted by molar-refractivity contribution is 7.90. The number of pyridine rings is 1. The molecule has 4 heterocycles. The fraction of sp³-hybridized carbons (Fsp3) is 0.394. The van der Waals surface area contributed by atoms with E-state index in [4.69, 9.17) is 16.6 Å². The third-order valence-corrected chi connectivity index (χ3v) is 9.70. The molecular formula is C33H38ClN7O4S. The highest BCUT2D eigenvalue weighted by Crippen LogP contribution is 2.38. The third-order valence-electron chi connectivity index (χ3n) is 8.26. The second-order valence-corrected chi connectivity index (χ2v) is 14.8. The van der Waals surface area contributed by atoms with Crippen LogP contribution in [0.4, 0.5) is 5.82 Å². The van der Waals surface area contributed by atoms with E-state index in [-0.39, 0.29) is 51.1 Å². The highest BCUT2D eigenvalue weighted by Gasteiger charge is 2.34. The molecule has 46 heavy (non-hydrogen) atoms. The van der Waals surface area contributed by atoms with Crippen LogP contribution in [-0.2, 0) is 14.6 Å². The van der Waals surface area contributed by atoms with Crippen LogP contribution >= 0.6 is 11.6 Å². The molecular weight excluding hydrogens is 626 g/mol. The molecule has 0 N–H and O–H groups in total. The van der Waals surface area contributed by atoms with Crippen molar-refractivity contribution in [2.45, 2.75) is 70.4 Å². The lowest BCUT2D eigenvalue weighted by molar-refractivity contribution is -0.128. The lowest BCUT2D eigenvalue weighted by atomic mass is 10.0. The summed E-state index contributed by atoms with van der Waals surface area (Å²) in [5.74, 6) is 0.0442. The molecule has 1 aromatic carbocycles. The molecule has 1 amide bonds. The van der Waals surface area contributed by atoms with E-state index in [1.165, 1.54) is 23.0 Å². The van der Waals surface area contributed by atoms with Crippen molar-refractivity contribution in [2.75, 3.05) is 24.2 Å². The first-order chi connectivity index (χ1) is 21.6. The maximum atomic E-state index is 14.3. The summed E-state index contributed by atoms with van der Waals surface area (Å²) in [7, 11) is -3.66. The van der Waals surface area contributed by atoms with Crippen LogP contribution in [0.1, 0.15) is 64.8 Å². The van der Waals surface area contributed by atoms with E-state index in [1.54, 1.807) is 29.2 Å². The number of carbonyl (C=O) groups is 1. The molecule has 0 bridgehead atoms. The number of sulfone groups is 1. The maximum Gasteiger partial charge on any atom is 0.355 e. The Morgan fingerprint density at radius 1 is 1.02 bits per heavy atom. The smallest absolute Gasteiger partial charge is 0.349 e. The van der Waals surface area contributed by atoms with Crippen LogP contribution in [0, 0.1) is 0 Å². The predicted molar refractivity (Wildman–Crippen MR) is 181 cm³/mol. The number of hydrogen-bond acceptors (Lipinski definition) is 9. The average Bonchev–Trinajstić information content (AvgIpc) is 3.00. The summed E-state index contributed by atoms with van der Waals surface area (Å²) >= 11 is 6.94. The quantitative estimate of drug-likeness (QED) is 0.246. The average molecular weight is 664 g/mol. The SMILES string of the molecule is C=CC(=O)N1C[C@H](C)N(c2nc(=O)n(-c3c(C(C)C)ncnc3C(C)C)c3nc(-c4ccccc4S(C)(=O)=O)c(Cl)cc23)C[C@H]1C. The van der Waals surface area contributed by atoms with E-state index < -0.39 is 15.5 Å². The molecule has 0 spiro atoms. The standard InChI is InChI=1S/C33H38ClN7O4S/c1-9-26(42)39-15-21(7)40(16-20(39)6)31-23-14-24(34)29(22-12-10-11-13-25(22)46(8,44)45)37-32(23)41(33(43)38-31)30-27(18(2)3)35-17-36-28(30)19(4)5/h9-14,17-21H,1,15-16H2,2-8H3/t20-,21+/m1/s1. The molecule has 1 saturated heterocycles. The topological polar surface area (TPSA) is 131 Å². The number of anilines is 1. The summed E-state index contributed by atoms with van der Waals surface area (Å²) in [6.45, 7) is 16.2. The molecule has 1 aliphatic heterocycles. The first-order valence-electron chi connectivity index (χ1n) is 15.1. The molecule has 0 unspecified atom stereocenters. The third kappa shape index (κ3) is 5.91. The number of fused-ring (bicyclic) bond motifs is 1. The second-order valence-electron chi connectivity index (χ2n) is 12.4. The van der Waals surface area contributed by atoms with Crippen LogP contribution in [0.25, 0.3) is 28.0 Å². The first-order valence-corrected chi connectivity index (χ1v) is 17.4. The van der Waals surface area contributed by atoms with Gasteiger partial charge in [0.1, 0.15) is 12.1 Å². The van der Waals surface area contributed by atoms with Crippen LogP contribution in [-0.4, -0.2) is 75.2 Å². The van der Waals surface area contributed by atoms with Crippen molar-refractivity contribution in [1.29, 1.82) is 0 Å². The van der Waals surface area contributed by atoms with Crippen LogP contribution in [0.3, 0.4) is 0 Å². The van der Waals surface area contributed by atoms with Gasteiger partial charge in [-0.3, -0.25) is 4.79 Å². The van der Waals surface area contributed by atoms with Gasteiger partial charge in [-0.2, -0.15) is 4.98 Å². The molecule has 13 heteroatoms. The molecule has 1 fully saturated rings. The molecule has 0 saturated carbocycles. The Morgan fingerprint density at radius 3 is 2.24 bits per heavy atom. The van der Waals surface area contributed by atoms with Crippen LogP contribution in [0.2, 0.25) is 5.02 Å². The van der Waals surface area contributed by atoms with Crippen molar-refractivity contribution >= 4 is 44.2 Å². The molecule has 242 valence electrons. The van der Waals surface area contributed by atoms with E-state index >= 15 is 0 Å². The Hall–Kier alpha value is -4.16. The zero-order valence-electron chi connectivity index (χ0n) is 27.0. The summed E-state index contributed by atoms with van der Waals surface area (Å²) in [6.07, 6.45) is 3.92. The van der Waals surface area contributed by atoms with Crippen molar-refractivity contribution in [2.24, 2.45) is 0 Å². The zero-order valence-corrected chi connectivity index (χ0v) is 28.6. The normalized spacial score (nSPS) is 17.3. The van der Waals surface area contributed by atoms with Crippen molar-refractivity contribution in [1.82, 2.24) is 29.4 Å². The summed E-state index contributed by atoms with van der Waals surface area (Å²) in [4.78, 5) is 49.4. The largest absolute Gasteiger partial charge is 0.355 e. The molecule has 2 atom stereocenters. The highest BCUT2D eigenvalue weighted by atomic mass is 35.5. The zero-order chi connectivity index (χ0) is 33.7. The number of aromatic nitrogens is 5. The minimum atomic E-state index is -3.66. The maximum absolute atomic E-state index is 14.3. The van der Waals surface area contributed by atoms with Gasteiger partial charge in [-0.05, 0) is 43.9 Å². The van der Waals surface area contributed by atoms with Gasteiger partial charge < -0.3 is 9.80 Å². The van der Waals surface area contributed by atoms with Crippen molar-refractivity contribution in [3.63, 3.8) is 0 Å². The van der Waals surface area contributed by atoms with Crippen molar-refractivity contribution < 1.29 is 13.2 Å². The molecule has 0 radical (unpaired) electrons. The summed E-state index contributed by atoms with van der Waals surface area (Å²) < 4.78 is 27.1. The van der Waals surface area contributed by atoms with Crippen LogP contribution in [0.5, 0.6) is 0 Å². The number of piperazine rings is 1. The lowest BCUT2D eigenvalue weighted by Gasteiger charge is -2.44. The van der Waals surface area contributed by atoms with E-state index in [9.17, 15) is 18.0 Å². The second kappa shape index (κ2) is 12.6. The molecule has 0 aliphatic carbocycles. The first kappa shape index (κ1) is 33.2. The number of hydrogen-bond donors (Lipinski definition) is 0. The Balaban J connectivity index is 1.89. The van der Waals surface area contributed by atoms with Crippen molar-refractivity contribution in [3.05, 3.63) is 76.2 Å². The number of carbonyl (C=O) groups excluding carboxylic acids is 1. The lowest BCUT2D eigenvalue weighted by Crippen LogP contribution is -2.58. The fourth-order valence-corrected chi connectivity index (χ4v) is 7.17. The summed E-state index contributed by atoms with van der Waals surface area (Å²) in [5, 5.41) is 0.677. The van der Waals surface area contributed by atoms with Gasteiger partial charge in [-0.25, -0.2) is 32.7 Å². The molecule has 11 nitrogen and oxygen atoms in total. The van der Waals surface area contributed by atoms with Gasteiger partial charge in [0.2, 0.25) is 5.91 Å². The minimum absolute atomic E-state index is 0.0613. The summed E-state index contributed by atoms with van der Waals surface area (Å²) in [6, 6.07) is 7.76. The van der Waals surface area contributed by atoms with Crippen LogP contribution in [0.15, 0.2) is 59.0 Å². The Morgan fingerprint density at radius 2 is 1.65 bits per heavy atom. The predicted octanol–water partition coefficient (Wildman–Crippen LogP) is 5.15. The van der Waals surface area contributed by atoms with Gasteiger partial charge >= 0.3 is 5.69 Å². The molecule has 5 rings (SSSR count). The number of amides is 1. The van der Waals surface area contributed by atoms with E-state index in [0.717, 1.165) is 6.26 Å². The molecule has 1 aliphatic rings. The molecule has 3 aromatic heterocycles. The number of rotatable bonds is 7. The fourth-order valence-electron chi connectivity index (χ4n) is 6.03. The molecule has 4 aromatic rings. The monoisotopic (exact) mass is 663 g/mol. The van der Waals surface area contributed by atoms with E-state index in [1.807, 2.05) is 46.4 Å². The minimum Gasteiger partial charge on any atom is -0.349 e. The Bertz CT molecular complexity index is 2000. The van der Waals surface area contributed by atoms with Gasteiger partial charge in [-0.15, -0.1) is 0 Å². The van der Waals surface area contributed by atoms with Gasteiger partial charge in [0.05, 0.1) is 38.1 Å². The Kier molecular flexibility index (Phi) is 9.07. The number of halogens is 1. The van der Waals surface area contributed by atoms with E-state index in [2.05, 4.69) is 21.5 Å². The number of benzene rings is 1. The number of nitrogens with zero attached hydrogens (tertiary/aromatic N) is 7. The van der Waals surface area contributed by atoms with Gasteiger partial charge in [0.15, 0.2) is 15.5 Å². The van der Waals surface area contributed by atoms with Gasteiger partial charge in [0, 0.05) is 37.0 Å². The van der Waals surface area contributed by atoms with Crippen molar-refractivity contribution in [3.8, 4) is 16.9 Å². The van der Waals surface area contributed by atoms with Gasteiger partial charge in [0.25, 0.3) is 0 Å². The van der Waals surface area contributed by atoms with Crippen LogP contribution < -0.4 is 10.6 Å². The summed E-state index contributed by atoms with van der Waals surface area (Å²) in [5.41, 5.74) is 1.93. The Labute approximate surface area is 273 Å². The van der Waals surface area contributed by atoms with E-state index in [0.29, 0.717) is 46.9 Å².